The van der Waals surface area contributed by atoms with Crippen LogP contribution in [0.1, 0.15) is 154 Å². The van der Waals surface area contributed by atoms with Crippen molar-refractivity contribution in [2.75, 3.05) is 52.4 Å². The molecule has 0 saturated carbocycles. The molecule has 44 nitrogen and oxygen atoms in total. The van der Waals surface area contributed by atoms with Crippen LogP contribution in [-0.2, 0) is 126 Å². The fourth-order valence-electron chi connectivity index (χ4n) is 11.3. The van der Waals surface area contributed by atoms with Gasteiger partial charge in [0.15, 0.2) is 0 Å². The Kier molecular flexibility index (Phi) is 37.2. The van der Waals surface area contributed by atoms with Crippen molar-refractivity contribution in [1.29, 1.82) is 0 Å². The third kappa shape index (κ3) is 33.2. The summed E-state index contributed by atoms with van der Waals surface area (Å²) in [6, 6.07) is -3.52. The van der Waals surface area contributed by atoms with Crippen LogP contribution in [0.2, 0.25) is 48.4 Å². The number of carbonyl (C=O) groups is 16. The Bertz CT molecular complexity index is 2540. The van der Waals surface area contributed by atoms with Gasteiger partial charge in [0.05, 0.1) is 51.4 Å². The molecular weight excluding hydrogens is 1590 g/mol. The molecule has 0 aromatic heterocycles. The SMILES string of the molecule is O=C(O)CCC(=O)NCCC[Si]12O[Si]3(CCCNC(=O)CCC(=O)O)O[Si]4(CCCNC(=O)CCC(=O)O)O[Si](CCCNC(=O)CCC(=O)O)(O1)O[Si]1(CCCNC(=O)CCC(=O)O)O[Si](CCCNC(=O)CCC(=O)O)(O2)O[Si](CCCNC(=O)CCC(=O)O)(O3)O[Si](CCCNC(=O)CCC(=O)O)(O4)O1. The topological polar surface area (TPSA) is 642 Å². The van der Waals surface area contributed by atoms with Gasteiger partial charge >= 0.3 is 118 Å². The zero-order valence-electron chi connectivity index (χ0n) is 59.3. The highest BCUT2D eigenvalue weighted by Gasteiger charge is 2.83. The molecule has 6 aliphatic heterocycles. The fraction of sp³-hybridized carbons (Fsp3) is 0.714. The van der Waals surface area contributed by atoms with E-state index >= 15 is 0 Å². The molecule has 8 amide bonds. The Labute approximate surface area is 626 Å². The molecular formula is C56H96N8O36Si8. The first-order valence-electron chi connectivity index (χ1n) is 35.3. The molecule has 6 aliphatic rings. The van der Waals surface area contributed by atoms with Gasteiger partial charge in [-0.3, -0.25) is 76.7 Å². The van der Waals surface area contributed by atoms with Gasteiger partial charge in [0, 0.05) is 152 Å². The standard InChI is InChI=1S/C56H96N8O36Si8/c65-41(9-17-49(73)74)57-25-1-33-101-89-102(34-2-26-58-42(66)10-18-50(75)76)92-105(37-5-29-61-45(69)13-21-53(81)82)94-103(90-101,35-3-27-59-43(67)11-19-51(77)78)96-107(39-7-31-63-47(71)15-23-55(85)86)97-104(91-101,36-4-28-60-44(68)12-20-52(79)80)95-106(93-102,38-6-30-62-46(70)14-22-54(83)84)99-108(98-105,100-107)40-8-32-64-48(72)16-24-56(87)88/h1-40H2,(H,57,65)(H,58,66)(H,59,67)(H,60,68)(H,61,69)(H,62,70)(H,63,71)(H,64,72)(H,73,74)(H,75,76)(H,77,78)(H,79,80)(H,81,82)(H,83,84)(H,85,86)(H,87,88). The molecule has 0 aromatic carbocycles. The number of amides is 8. The molecule has 52 heteroatoms. The van der Waals surface area contributed by atoms with E-state index in [1.807, 2.05) is 0 Å². The van der Waals surface area contributed by atoms with Crippen molar-refractivity contribution in [3.8, 4) is 0 Å². The van der Waals surface area contributed by atoms with Gasteiger partial charge < -0.3 is 133 Å². The molecule has 0 radical (unpaired) electrons. The van der Waals surface area contributed by atoms with Gasteiger partial charge in [0.1, 0.15) is 0 Å². The summed E-state index contributed by atoms with van der Waals surface area (Å²) in [5.41, 5.74) is 0. The number of carbonyl (C=O) groups excluding carboxylic acids is 8. The van der Waals surface area contributed by atoms with E-state index in [1.54, 1.807) is 0 Å². The van der Waals surface area contributed by atoms with Gasteiger partial charge in [0.2, 0.25) is 47.3 Å². The lowest BCUT2D eigenvalue weighted by atomic mass is 10.3. The highest BCUT2D eigenvalue weighted by molar-refractivity contribution is 7.03. The monoisotopic (exact) mass is 1680 g/mol. The summed E-state index contributed by atoms with van der Waals surface area (Å²) in [7, 11) is -41.9. The highest BCUT2D eigenvalue weighted by Crippen LogP contribution is 2.55. The van der Waals surface area contributed by atoms with E-state index in [0.717, 1.165) is 0 Å². The first kappa shape index (κ1) is 91.4. The summed E-state index contributed by atoms with van der Waals surface area (Å²) in [6.45, 7) is -2.16. The average Bonchev–Trinajstić information content (AvgIpc) is 0.687. The van der Waals surface area contributed by atoms with Gasteiger partial charge in [-0.1, -0.05) is 0 Å². The molecule has 608 valence electrons. The molecule has 6 fully saturated rings. The minimum Gasteiger partial charge on any atom is -0.481 e. The summed E-state index contributed by atoms with van der Waals surface area (Å²) in [5, 5.41) is 96.8. The van der Waals surface area contributed by atoms with Gasteiger partial charge in [-0.15, -0.1) is 0 Å². The van der Waals surface area contributed by atoms with E-state index in [2.05, 4.69) is 42.5 Å². The number of hydrogen-bond acceptors (Lipinski definition) is 28. The zero-order valence-corrected chi connectivity index (χ0v) is 67.3. The second-order valence-electron chi connectivity index (χ2n) is 25.5. The van der Waals surface area contributed by atoms with Crippen molar-refractivity contribution in [2.24, 2.45) is 0 Å². The van der Waals surface area contributed by atoms with Crippen molar-refractivity contribution in [3.63, 3.8) is 0 Å². The lowest BCUT2D eigenvalue weighted by Crippen LogP contribution is -2.88. The molecule has 6 heterocycles. The minimum atomic E-state index is -5.23. The number of carboxylic acids is 8. The van der Waals surface area contributed by atoms with Gasteiger partial charge in [-0.05, 0) is 51.4 Å². The summed E-state index contributed by atoms with van der Waals surface area (Å²) < 4.78 is 92.0. The van der Waals surface area contributed by atoms with Gasteiger partial charge in [-0.25, -0.2) is 0 Å². The van der Waals surface area contributed by atoms with Gasteiger partial charge in [-0.2, -0.15) is 0 Å². The maximum Gasteiger partial charge on any atom is 0.478 e. The van der Waals surface area contributed by atoms with E-state index in [1.165, 1.54) is 0 Å². The van der Waals surface area contributed by atoms with Crippen LogP contribution in [0.25, 0.3) is 0 Å². The summed E-state index contributed by atoms with van der Waals surface area (Å²) >= 11 is 0. The van der Waals surface area contributed by atoms with Crippen molar-refractivity contribution in [2.45, 2.75) is 202 Å². The molecule has 108 heavy (non-hydrogen) atoms. The lowest BCUT2D eigenvalue weighted by molar-refractivity contribution is -0.139. The van der Waals surface area contributed by atoms with Crippen LogP contribution in [0.15, 0.2) is 0 Å². The van der Waals surface area contributed by atoms with Crippen molar-refractivity contribution < 1.29 is 167 Å². The summed E-state index contributed by atoms with van der Waals surface area (Å²) in [5.74, 6) is -16.0. The number of hydrogen-bond donors (Lipinski definition) is 16. The van der Waals surface area contributed by atoms with Crippen LogP contribution < -0.4 is 42.5 Å². The average molecular weight is 1680 g/mol. The normalized spacial score (nSPS) is 25.0. The molecule has 0 spiro atoms. The number of rotatable bonds is 56. The Hall–Kier alpha value is -7.22. The maximum absolute atomic E-state index is 13.3. The smallest absolute Gasteiger partial charge is 0.478 e. The van der Waals surface area contributed by atoms with Crippen molar-refractivity contribution >= 4 is 165 Å². The third-order valence-electron chi connectivity index (χ3n) is 16.1. The van der Waals surface area contributed by atoms with Crippen LogP contribution in [0.5, 0.6) is 0 Å². The minimum absolute atomic E-state index is 0.200. The van der Waals surface area contributed by atoms with Crippen LogP contribution >= 0.6 is 0 Å². The molecule has 0 aromatic rings. The Balaban J connectivity index is 1.94. The quantitative estimate of drug-likeness (QED) is 0.0249. The van der Waals surface area contributed by atoms with E-state index in [0.29, 0.717) is 0 Å². The molecule has 16 N–H and O–H groups in total. The number of carboxylic acid groups (broad SMARTS) is 8. The Morgan fingerprint density at radius 2 is 0.259 bits per heavy atom. The third-order valence-corrected chi connectivity index (χ3v) is 53.7. The molecule has 8 bridgehead atoms. The van der Waals surface area contributed by atoms with Crippen molar-refractivity contribution in [1.82, 2.24) is 42.5 Å². The second-order valence-corrected chi connectivity index (χ2v) is 50.2. The van der Waals surface area contributed by atoms with Crippen LogP contribution in [-0.4, -0.2) is 259 Å². The van der Waals surface area contributed by atoms with E-state index in [4.69, 9.17) is 49.4 Å². The molecule has 0 unspecified atom stereocenters. The Morgan fingerprint density at radius 3 is 0.343 bits per heavy atom. The summed E-state index contributed by atoms with van der Waals surface area (Å²) in [4.78, 5) is 199. The predicted molar refractivity (Wildman–Crippen MR) is 373 cm³/mol. The van der Waals surface area contributed by atoms with Crippen LogP contribution in [0.4, 0.5) is 0 Å². The largest absolute Gasteiger partial charge is 0.481 e. The number of aliphatic carboxylic acids is 8. The molecule has 6 rings (SSSR count). The highest BCUT2D eigenvalue weighted by atomic mass is 28.6. The molecule has 6 saturated heterocycles. The first-order chi connectivity index (χ1) is 51.0. The maximum atomic E-state index is 13.3. The lowest BCUT2D eigenvalue weighted by Gasteiger charge is -2.63. The van der Waals surface area contributed by atoms with E-state index in [-0.39, 0.29) is 104 Å². The molecule has 0 aliphatic carbocycles. The van der Waals surface area contributed by atoms with E-state index in [9.17, 15) is 118 Å². The van der Waals surface area contributed by atoms with Crippen LogP contribution in [0.3, 0.4) is 0 Å². The van der Waals surface area contributed by atoms with Gasteiger partial charge in [0.25, 0.3) is 0 Å². The van der Waals surface area contributed by atoms with Crippen molar-refractivity contribution in [3.05, 3.63) is 0 Å². The Morgan fingerprint density at radius 1 is 0.167 bits per heavy atom. The van der Waals surface area contributed by atoms with E-state index < -0.39 is 317 Å². The predicted octanol–water partition coefficient (Wildman–Crippen LogP) is -1.27. The second kappa shape index (κ2) is 44.0. The number of nitrogens with one attached hydrogen (secondary N) is 8. The first-order valence-corrected chi connectivity index (χ1v) is 50.7. The van der Waals surface area contributed by atoms with Crippen LogP contribution in [0, 0.1) is 0 Å². The summed E-state index contributed by atoms with van der Waals surface area (Å²) in [6.07, 6.45) is -9.88. The molecule has 0 atom stereocenters. The zero-order chi connectivity index (χ0) is 79.7. The fourth-order valence-corrected chi connectivity index (χ4v) is 61.7.